The number of nitrogens with zero attached hydrogens (tertiary/aromatic N) is 2. The van der Waals surface area contributed by atoms with E-state index in [0.717, 1.165) is 24.2 Å². The summed E-state index contributed by atoms with van der Waals surface area (Å²) >= 11 is 0. The molecule has 0 radical (unpaired) electrons. The fraction of sp³-hybridized carbons (Fsp3) is 0.364. The van der Waals surface area contributed by atoms with Gasteiger partial charge in [-0.25, -0.2) is 4.98 Å². The Morgan fingerprint density at radius 1 is 1.59 bits per heavy atom. The lowest BCUT2D eigenvalue weighted by atomic mass is 10.2. The van der Waals surface area contributed by atoms with Gasteiger partial charge in [0.25, 0.3) is 5.91 Å². The lowest BCUT2D eigenvalue weighted by molar-refractivity contribution is 0.0915. The number of carbonyl (C=O) groups is 1. The van der Waals surface area contributed by atoms with Gasteiger partial charge in [-0.05, 0) is 13.3 Å². The first-order valence-corrected chi connectivity index (χ1v) is 5.45. The number of hydrogen-bond acceptors (Lipinski definition) is 4. The number of aromatic amines is 1. The Morgan fingerprint density at radius 2 is 2.47 bits per heavy atom. The lowest BCUT2D eigenvalue weighted by Gasteiger charge is -2.02. The highest BCUT2D eigenvalue weighted by atomic mass is 16.5. The van der Waals surface area contributed by atoms with Gasteiger partial charge in [-0.2, -0.15) is 0 Å². The molecule has 0 aliphatic heterocycles. The van der Waals surface area contributed by atoms with Crippen LogP contribution in [0.3, 0.4) is 0 Å². The molecule has 90 valence electrons. The van der Waals surface area contributed by atoms with Crippen LogP contribution in [-0.4, -0.2) is 27.6 Å². The minimum Gasteiger partial charge on any atom is -0.351 e. The Morgan fingerprint density at radius 3 is 3.12 bits per heavy atom. The van der Waals surface area contributed by atoms with E-state index >= 15 is 0 Å². The summed E-state index contributed by atoms with van der Waals surface area (Å²) in [7, 11) is 0. The van der Waals surface area contributed by atoms with Gasteiger partial charge in [0.1, 0.15) is 5.82 Å². The van der Waals surface area contributed by atoms with Crippen molar-refractivity contribution in [2.24, 2.45) is 0 Å². The minimum atomic E-state index is -0.223. The van der Waals surface area contributed by atoms with Gasteiger partial charge in [0.15, 0.2) is 0 Å². The highest BCUT2D eigenvalue weighted by Gasteiger charge is 2.12. The summed E-state index contributed by atoms with van der Waals surface area (Å²) in [6, 6.07) is 0. The van der Waals surface area contributed by atoms with Gasteiger partial charge in [0, 0.05) is 30.9 Å². The maximum absolute atomic E-state index is 11.6. The maximum atomic E-state index is 11.6. The smallest absolute Gasteiger partial charge is 0.290 e. The minimum absolute atomic E-state index is 0.223. The summed E-state index contributed by atoms with van der Waals surface area (Å²) in [6.07, 6.45) is 6.66. The third-order valence-electron chi connectivity index (χ3n) is 2.39. The zero-order valence-corrected chi connectivity index (χ0v) is 9.56. The first-order valence-electron chi connectivity index (χ1n) is 5.45. The molecule has 6 nitrogen and oxygen atoms in total. The van der Waals surface area contributed by atoms with Crippen molar-refractivity contribution in [3.05, 3.63) is 35.7 Å². The molecule has 2 heterocycles. The molecule has 0 bridgehead atoms. The van der Waals surface area contributed by atoms with E-state index in [1.165, 1.54) is 6.20 Å². The summed E-state index contributed by atoms with van der Waals surface area (Å²) in [5.74, 6) is 0.984. The molecule has 0 spiro atoms. The third-order valence-corrected chi connectivity index (χ3v) is 2.39. The van der Waals surface area contributed by atoms with Crippen molar-refractivity contribution in [1.29, 1.82) is 0 Å². The second kappa shape index (κ2) is 5.29. The fourth-order valence-corrected chi connectivity index (χ4v) is 1.48. The van der Waals surface area contributed by atoms with E-state index in [2.05, 4.69) is 20.4 Å². The average Bonchev–Trinajstić information content (AvgIpc) is 2.95. The van der Waals surface area contributed by atoms with Crippen molar-refractivity contribution < 1.29 is 9.32 Å². The predicted octanol–water partition coefficient (Wildman–Crippen LogP) is 1.07. The van der Waals surface area contributed by atoms with E-state index < -0.39 is 0 Å². The van der Waals surface area contributed by atoms with Crippen LogP contribution in [0.5, 0.6) is 0 Å². The topological polar surface area (TPSA) is 83.8 Å². The Balaban J connectivity index is 1.72. The normalized spacial score (nSPS) is 10.4. The van der Waals surface area contributed by atoms with E-state index in [1.807, 2.05) is 0 Å². The van der Waals surface area contributed by atoms with E-state index in [4.69, 9.17) is 4.52 Å². The number of imidazole rings is 1. The Labute approximate surface area is 98.4 Å². The number of nitrogens with one attached hydrogen (secondary N) is 2. The molecule has 0 atom stereocenters. The monoisotopic (exact) mass is 234 g/mol. The molecule has 0 aromatic carbocycles. The van der Waals surface area contributed by atoms with Crippen molar-refractivity contribution in [2.75, 3.05) is 6.54 Å². The molecule has 2 N–H and O–H groups in total. The molecule has 0 aliphatic rings. The molecule has 0 fully saturated rings. The number of aromatic nitrogens is 3. The van der Waals surface area contributed by atoms with Crippen LogP contribution < -0.4 is 5.32 Å². The highest BCUT2D eigenvalue weighted by molar-refractivity contribution is 5.92. The van der Waals surface area contributed by atoms with Crippen LogP contribution in [0.1, 0.15) is 28.4 Å². The Bertz CT molecular complexity index is 475. The number of hydrogen-bond donors (Lipinski definition) is 2. The first-order chi connectivity index (χ1) is 8.27. The summed E-state index contributed by atoms with van der Waals surface area (Å²) in [5, 5.41) is 6.33. The number of rotatable bonds is 5. The van der Waals surface area contributed by atoms with Crippen molar-refractivity contribution >= 4 is 5.91 Å². The molecule has 17 heavy (non-hydrogen) atoms. The second-order valence-corrected chi connectivity index (χ2v) is 3.73. The molecule has 1 amide bonds. The maximum Gasteiger partial charge on any atom is 0.290 e. The highest BCUT2D eigenvalue weighted by Crippen LogP contribution is 2.05. The fourth-order valence-electron chi connectivity index (χ4n) is 1.48. The van der Waals surface area contributed by atoms with Gasteiger partial charge in [-0.15, -0.1) is 0 Å². The molecule has 2 rings (SSSR count). The zero-order chi connectivity index (χ0) is 12.1. The Hall–Kier alpha value is -2.11. The Kier molecular flexibility index (Phi) is 3.54. The van der Waals surface area contributed by atoms with Crippen molar-refractivity contribution in [3.63, 3.8) is 0 Å². The van der Waals surface area contributed by atoms with Gasteiger partial charge < -0.3 is 14.8 Å². The molecular weight excluding hydrogens is 220 g/mol. The number of amides is 1. The summed E-state index contributed by atoms with van der Waals surface area (Å²) in [5.41, 5.74) is 0.744. The molecule has 0 saturated carbocycles. The predicted molar refractivity (Wildman–Crippen MR) is 60.5 cm³/mol. The quantitative estimate of drug-likeness (QED) is 0.758. The lowest BCUT2D eigenvalue weighted by Crippen LogP contribution is -2.25. The van der Waals surface area contributed by atoms with Gasteiger partial charge in [0.2, 0.25) is 5.76 Å². The van der Waals surface area contributed by atoms with Gasteiger partial charge >= 0.3 is 0 Å². The molecule has 0 unspecified atom stereocenters. The van der Waals surface area contributed by atoms with Crippen molar-refractivity contribution in [3.8, 4) is 0 Å². The van der Waals surface area contributed by atoms with Crippen LogP contribution >= 0.6 is 0 Å². The van der Waals surface area contributed by atoms with Gasteiger partial charge in [-0.3, -0.25) is 4.79 Å². The van der Waals surface area contributed by atoms with Crippen LogP contribution in [0.15, 0.2) is 23.1 Å². The van der Waals surface area contributed by atoms with E-state index in [9.17, 15) is 4.79 Å². The molecular formula is C11H14N4O2. The third kappa shape index (κ3) is 2.93. The standard InChI is InChI=1S/C11H14N4O2/c1-8-7-15-17-10(8)11(16)14-4-2-3-9-12-5-6-13-9/h5-7H,2-4H2,1H3,(H,12,13)(H,14,16). The summed E-state index contributed by atoms with van der Waals surface area (Å²) in [6.45, 7) is 2.37. The van der Waals surface area contributed by atoms with Crippen LogP contribution in [0.4, 0.5) is 0 Å². The zero-order valence-electron chi connectivity index (χ0n) is 9.56. The molecule has 2 aromatic heterocycles. The molecule has 2 aromatic rings. The van der Waals surface area contributed by atoms with Crippen molar-refractivity contribution in [2.45, 2.75) is 19.8 Å². The van der Waals surface area contributed by atoms with Crippen LogP contribution in [0, 0.1) is 6.92 Å². The van der Waals surface area contributed by atoms with Crippen LogP contribution in [0.25, 0.3) is 0 Å². The van der Waals surface area contributed by atoms with Crippen LogP contribution in [-0.2, 0) is 6.42 Å². The number of aryl methyl sites for hydroxylation is 2. The van der Waals surface area contributed by atoms with Crippen molar-refractivity contribution in [1.82, 2.24) is 20.4 Å². The first kappa shape index (κ1) is 11.4. The largest absolute Gasteiger partial charge is 0.351 e. The van der Waals surface area contributed by atoms with Gasteiger partial charge in [-0.1, -0.05) is 5.16 Å². The average molecular weight is 234 g/mol. The van der Waals surface area contributed by atoms with Gasteiger partial charge in [0.05, 0.1) is 6.20 Å². The van der Waals surface area contributed by atoms with E-state index in [0.29, 0.717) is 6.54 Å². The van der Waals surface area contributed by atoms with E-state index in [-0.39, 0.29) is 11.7 Å². The van der Waals surface area contributed by atoms with Crippen LogP contribution in [0.2, 0.25) is 0 Å². The number of carbonyl (C=O) groups excluding carboxylic acids is 1. The SMILES string of the molecule is Cc1cnoc1C(=O)NCCCc1ncc[nH]1. The summed E-state index contributed by atoms with van der Waals surface area (Å²) in [4.78, 5) is 18.7. The number of H-pyrrole nitrogens is 1. The molecule has 0 saturated heterocycles. The molecule has 0 aliphatic carbocycles. The second-order valence-electron chi connectivity index (χ2n) is 3.73. The summed E-state index contributed by atoms with van der Waals surface area (Å²) < 4.78 is 4.85. The molecule has 6 heteroatoms. The van der Waals surface area contributed by atoms with E-state index in [1.54, 1.807) is 19.3 Å².